The Morgan fingerprint density at radius 3 is 2.42 bits per heavy atom. The molecular weight excluding hydrogens is 318 g/mol. The molecule has 0 aliphatic carbocycles. The van der Waals surface area contributed by atoms with E-state index in [1.807, 2.05) is 6.07 Å². The number of benzene rings is 2. The molecule has 0 saturated carbocycles. The van der Waals surface area contributed by atoms with Gasteiger partial charge in [-0.05, 0) is 43.4 Å². The molecule has 26 heavy (non-hydrogen) atoms. The van der Waals surface area contributed by atoms with Crippen LogP contribution in [0.2, 0.25) is 0 Å². The largest absolute Gasteiger partial charge is 0.338 e. The molecule has 1 aliphatic rings. The van der Waals surface area contributed by atoms with Crippen LogP contribution in [0.1, 0.15) is 44.6 Å². The SMILES string of the molecule is CCC[C@H]1CN=C(Nc2ccccc2)N1CCCCCc1ccccc1. The lowest BCUT2D eigenvalue weighted by atomic mass is 10.1. The van der Waals surface area contributed by atoms with Crippen molar-refractivity contribution < 1.29 is 0 Å². The number of hydrogen-bond acceptors (Lipinski definition) is 3. The average Bonchev–Trinajstić information content (AvgIpc) is 3.05. The maximum atomic E-state index is 4.79. The van der Waals surface area contributed by atoms with Crippen LogP contribution in [0, 0.1) is 0 Å². The molecule has 3 rings (SSSR count). The Labute approximate surface area is 158 Å². The number of nitrogens with one attached hydrogen (secondary N) is 1. The van der Waals surface area contributed by atoms with E-state index in [0.717, 1.165) is 24.7 Å². The summed E-state index contributed by atoms with van der Waals surface area (Å²) < 4.78 is 0. The van der Waals surface area contributed by atoms with Gasteiger partial charge in [-0.25, -0.2) is 0 Å². The Balaban J connectivity index is 1.48. The maximum Gasteiger partial charge on any atom is 0.198 e. The van der Waals surface area contributed by atoms with Crippen LogP contribution in [0.15, 0.2) is 65.7 Å². The van der Waals surface area contributed by atoms with Crippen LogP contribution in [0.25, 0.3) is 0 Å². The number of hydrogen-bond donors (Lipinski definition) is 1. The number of nitrogens with zero attached hydrogens (tertiary/aromatic N) is 2. The van der Waals surface area contributed by atoms with Crippen LogP contribution in [0.3, 0.4) is 0 Å². The highest BCUT2D eigenvalue weighted by atomic mass is 15.4. The van der Waals surface area contributed by atoms with E-state index in [1.54, 1.807) is 0 Å². The minimum absolute atomic E-state index is 0.556. The molecule has 0 amide bonds. The van der Waals surface area contributed by atoms with Gasteiger partial charge in [0.05, 0.1) is 12.6 Å². The van der Waals surface area contributed by atoms with Crippen molar-refractivity contribution in [3.05, 3.63) is 66.2 Å². The zero-order valence-corrected chi connectivity index (χ0v) is 15.9. The normalized spacial score (nSPS) is 16.6. The molecule has 0 bridgehead atoms. The van der Waals surface area contributed by atoms with Crippen molar-refractivity contribution in [2.24, 2.45) is 4.99 Å². The van der Waals surface area contributed by atoms with Crippen LogP contribution >= 0.6 is 0 Å². The quantitative estimate of drug-likeness (QED) is 0.618. The first-order chi connectivity index (χ1) is 12.9. The standard InChI is InChI=1S/C23H31N3/c1-2-12-22-19-24-23(25-21-16-9-4-10-17-21)26(22)18-11-5-8-15-20-13-6-3-7-14-20/h3-4,6-7,9-10,13-14,16-17,22H,2,5,8,11-12,15,18-19H2,1H3,(H,24,25)/t22-/m0/s1. The van der Waals surface area contributed by atoms with Gasteiger partial charge in [-0.3, -0.25) is 4.99 Å². The van der Waals surface area contributed by atoms with Gasteiger partial charge in [0.2, 0.25) is 0 Å². The summed E-state index contributed by atoms with van der Waals surface area (Å²) in [6.45, 7) is 4.28. The lowest BCUT2D eigenvalue weighted by molar-refractivity contribution is 0.316. The van der Waals surface area contributed by atoms with E-state index in [-0.39, 0.29) is 0 Å². The van der Waals surface area contributed by atoms with E-state index in [2.05, 4.69) is 71.7 Å². The molecular formula is C23H31N3. The van der Waals surface area contributed by atoms with Crippen LogP contribution in [0.5, 0.6) is 0 Å². The fraction of sp³-hybridized carbons (Fsp3) is 0.435. The first kappa shape index (κ1) is 18.5. The Morgan fingerprint density at radius 2 is 1.69 bits per heavy atom. The van der Waals surface area contributed by atoms with Crippen LogP contribution in [-0.2, 0) is 6.42 Å². The summed E-state index contributed by atoms with van der Waals surface area (Å²) in [5, 5.41) is 3.52. The topological polar surface area (TPSA) is 27.6 Å². The van der Waals surface area contributed by atoms with Crippen LogP contribution in [-0.4, -0.2) is 30.0 Å². The van der Waals surface area contributed by atoms with E-state index >= 15 is 0 Å². The highest BCUT2D eigenvalue weighted by Crippen LogP contribution is 2.19. The summed E-state index contributed by atoms with van der Waals surface area (Å²) in [6, 6.07) is 21.8. The summed E-state index contributed by atoms with van der Waals surface area (Å²) in [5.74, 6) is 1.05. The van der Waals surface area contributed by atoms with Crippen LogP contribution in [0.4, 0.5) is 5.69 Å². The summed E-state index contributed by atoms with van der Waals surface area (Å²) in [7, 11) is 0. The van der Waals surface area contributed by atoms with Crippen molar-refractivity contribution in [2.45, 2.75) is 51.5 Å². The van der Waals surface area contributed by atoms with E-state index in [9.17, 15) is 0 Å². The third-order valence-corrected chi connectivity index (χ3v) is 5.02. The summed E-state index contributed by atoms with van der Waals surface area (Å²) in [4.78, 5) is 7.29. The number of aryl methyl sites for hydroxylation is 1. The van der Waals surface area contributed by atoms with Gasteiger partial charge < -0.3 is 10.2 Å². The summed E-state index contributed by atoms with van der Waals surface area (Å²) in [6.07, 6.45) is 7.36. The highest BCUT2D eigenvalue weighted by molar-refractivity contribution is 5.95. The molecule has 3 nitrogen and oxygen atoms in total. The average molecular weight is 350 g/mol. The number of aliphatic imine (C=N–C) groups is 1. The van der Waals surface area contributed by atoms with Crippen molar-refractivity contribution in [3.8, 4) is 0 Å². The van der Waals surface area contributed by atoms with Gasteiger partial charge in [0.25, 0.3) is 0 Å². The molecule has 0 saturated heterocycles. The second-order valence-corrected chi connectivity index (χ2v) is 7.09. The van der Waals surface area contributed by atoms with Gasteiger partial charge in [-0.15, -0.1) is 0 Å². The highest BCUT2D eigenvalue weighted by Gasteiger charge is 2.26. The molecule has 0 radical (unpaired) electrons. The first-order valence-electron chi connectivity index (χ1n) is 10.0. The van der Waals surface area contributed by atoms with Crippen molar-refractivity contribution >= 4 is 11.6 Å². The maximum absolute atomic E-state index is 4.79. The number of para-hydroxylation sites is 1. The predicted molar refractivity (Wildman–Crippen MR) is 112 cm³/mol. The lowest BCUT2D eigenvalue weighted by Crippen LogP contribution is -2.40. The molecule has 0 spiro atoms. The third-order valence-electron chi connectivity index (χ3n) is 5.02. The van der Waals surface area contributed by atoms with Gasteiger partial charge in [0.1, 0.15) is 0 Å². The molecule has 2 aromatic carbocycles. The van der Waals surface area contributed by atoms with Gasteiger partial charge in [-0.2, -0.15) is 0 Å². The number of guanidine groups is 1. The predicted octanol–water partition coefficient (Wildman–Crippen LogP) is 5.35. The molecule has 2 aromatic rings. The fourth-order valence-electron chi connectivity index (χ4n) is 3.62. The summed E-state index contributed by atoms with van der Waals surface area (Å²) in [5.41, 5.74) is 2.57. The smallest absolute Gasteiger partial charge is 0.198 e. The number of rotatable bonds is 9. The van der Waals surface area contributed by atoms with Crippen LogP contribution < -0.4 is 5.32 Å². The first-order valence-corrected chi connectivity index (χ1v) is 10.0. The minimum Gasteiger partial charge on any atom is -0.338 e. The van der Waals surface area contributed by atoms with Crippen molar-refractivity contribution in [1.82, 2.24) is 4.90 Å². The van der Waals surface area contributed by atoms with Crippen molar-refractivity contribution in [3.63, 3.8) is 0 Å². The molecule has 138 valence electrons. The van der Waals surface area contributed by atoms with Gasteiger partial charge in [0, 0.05) is 12.2 Å². The molecule has 0 fully saturated rings. The number of unbranched alkanes of at least 4 members (excludes halogenated alkanes) is 2. The zero-order valence-electron chi connectivity index (χ0n) is 15.9. The number of anilines is 1. The molecule has 1 atom stereocenters. The molecule has 0 unspecified atom stereocenters. The second kappa shape index (κ2) is 10.0. The van der Waals surface area contributed by atoms with E-state index in [4.69, 9.17) is 4.99 Å². The second-order valence-electron chi connectivity index (χ2n) is 7.09. The summed E-state index contributed by atoms with van der Waals surface area (Å²) >= 11 is 0. The zero-order chi connectivity index (χ0) is 18.0. The molecule has 1 heterocycles. The minimum atomic E-state index is 0.556. The molecule has 1 aliphatic heterocycles. The Bertz CT molecular complexity index is 666. The monoisotopic (exact) mass is 349 g/mol. The molecule has 1 N–H and O–H groups in total. The molecule has 3 heteroatoms. The Kier molecular flexibility index (Phi) is 7.12. The van der Waals surface area contributed by atoms with E-state index in [0.29, 0.717) is 6.04 Å². The fourth-order valence-corrected chi connectivity index (χ4v) is 3.62. The van der Waals surface area contributed by atoms with Crippen molar-refractivity contribution in [1.29, 1.82) is 0 Å². The lowest BCUT2D eigenvalue weighted by Gasteiger charge is -2.28. The Hall–Kier alpha value is -2.29. The Morgan fingerprint density at radius 1 is 0.962 bits per heavy atom. The van der Waals surface area contributed by atoms with Gasteiger partial charge >= 0.3 is 0 Å². The van der Waals surface area contributed by atoms with Gasteiger partial charge in [-0.1, -0.05) is 68.3 Å². The van der Waals surface area contributed by atoms with E-state index < -0.39 is 0 Å². The molecule has 0 aromatic heterocycles. The third kappa shape index (κ3) is 5.35. The van der Waals surface area contributed by atoms with Gasteiger partial charge in [0.15, 0.2) is 5.96 Å². The van der Waals surface area contributed by atoms with E-state index in [1.165, 1.54) is 44.1 Å². The van der Waals surface area contributed by atoms with Crippen molar-refractivity contribution in [2.75, 3.05) is 18.4 Å².